The Bertz CT molecular complexity index is 807. The van der Waals surface area contributed by atoms with E-state index in [0.717, 1.165) is 11.4 Å². The lowest BCUT2D eigenvalue weighted by Crippen LogP contribution is -2.46. The summed E-state index contributed by atoms with van der Waals surface area (Å²) in [6.07, 6.45) is 0. The third kappa shape index (κ3) is 3.49. The van der Waals surface area contributed by atoms with E-state index in [-0.39, 0.29) is 23.0 Å². The summed E-state index contributed by atoms with van der Waals surface area (Å²) in [6.45, 7) is 2.86. The number of piperazine rings is 1. The first-order chi connectivity index (χ1) is 12.5. The predicted molar refractivity (Wildman–Crippen MR) is 97.0 cm³/mol. The third-order valence-corrected chi connectivity index (χ3v) is 4.51. The number of hydrogen-bond acceptors (Lipinski definition) is 6. The van der Waals surface area contributed by atoms with Crippen molar-refractivity contribution < 1.29 is 18.8 Å². The quantitative estimate of drug-likeness (QED) is 0.602. The molecule has 26 heavy (non-hydrogen) atoms. The number of nitro groups is 1. The van der Waals surface area contributed by atoms with Crippen LogP contribution >= 0.6 is 0 Å². The summed E-state index contributed by atoms with van der Waals surface area (Å²) in [7, 11) is 2.86. The van der Waals surface area contributed by atoms with Crippen molar-refractivity contribution in [3.05, 3.63) is 52.3 Å². The molecule has 0 aliphatic carbocycles. The molecular formula is C18H20FN3O4. The number of anilines is 2. The fourth-order valence-electron chi connectivity index (χ4n) is 3.09. The lowest BCUT2D eigenvalue weighted by molar-refractivity contribution is -0.385. The maximum absolute atomic E-state index is 13.9. The Morgan fingerprint density at radius 1 is 0.923 bits per heavy atom. The summed E-state index contributed by atoms with van der Waals surface area (Å²) in [5, 5.41) is 11.0. The predicted octanol–water partition coefficient (Wildman–Crippen LogP) is 3.08. The second kappa shape index (κ2) is 7.47. The zero-order valence-electron chi connectivity index (χ0n) is 14.6. The van der Waals surface area contributed by atoms with Gasteiger partial charge in [-0.25, -0.2) is 4.39 Å². The number of benzene rings is 2. The highest BCUT2D eigenvalue weighted by Crippen LogP contribution is 2.32. The number of nitrogens with zero attached hydrogens (tertiary/aromatic N) is 3. The maximum atomic E-state index is 13.9. The van der Waals surface area contributed by atoms with Crippen molar-refractivity contribution in [1.82, 2.24) is 0 Å². The van der Waals surface area contributed by atoms with Crippen LogP contribution in [0.4, 0.5) is 21.5 Å². The second-order valence-electron chi connectivity index (χ2n) is 5.91. The van der Waals surface area contributed by atoms with Gasteiger partial charge in [-0.3, -0.25) is 10.1 Å². The molecule has 2 aromatic rings. The first-order valence-corrected chi connectivity index (χ1v) is 8.19. The molecule has 0 N–H and O–H groups in total. The van der Waals surface area contributed by atoms with Gasteiger partial charge in [0, 0.05) is 55.8 Å². The lowest BCUT2D eigenvalue weighted by Gasteiger charge is -2.37. The molecule has 1 aliphatic rings. The Balaban J connectivity index is 1.70. The smallest absolute Gasteiger partial charge is 0.311 e. The molecule has 8 heteroatoms. The van der Waals surface area contributed by atoms with Crippen molar-refractivity contribution in [3.8, 4) is 11.5 Å². The van der Waals surface area contributed by atoms with Crippen molar-refractivity contribution >= 4 is 17.1 Å². The summed E-state index contributed by atoms with van der Waals surface area (Å²) in [5.74, 6) is 0.0880. The number of rotatable bonds is 5. The molecule has 0 spiro atoms. The summed E-state index contributed by atoms with van der Waals surface area (Å²) in [4.78, 5) is 14.8. The summed E-state index contributed by atoms with van der Waals surface area (Å²) in [6, 6.07) is 9.80. The fraction of sp³-hybridized carbons (Fsp3) is 0.333. The fourth-order valence-corrected chi connectivity index (χ4v) is 3.09. The van der Waals surface area contributed by atoms with E-state index in [4.69, 9.17) is 9.47 Å². The van der Waals surface area contributed by atoms with E-state index in [0.29, 0.717) is 26.2 Å². The summed E-state index contributed by atoms with van der Waals surface area (Å²) in [5.41, 5.74) is 1.63. The normalized spacial score (nSPS) is 14.3. The average molecular weight is 361 g/mol. The van der Waals surface area contributed by atoms with E-state index >= 15 is 0 Å². The van der Waals surface area contributed by atoms with Gasteiger partial charge >= 0.3 is 5.69 Å². The number of hydrogen-bond donors (Lipinski definition) is 0. The standard InChI is InChI=1S/C18H20FN3O4/c1-25-17-6-4-13(11-15(17)19)20-7-9-21(10-8-20)14-3-5-16(22(23)24)18(12-14)26-2/h3-6,11-12H,7-10H2,1-2H3. The molecule has 1 saturated heterocycles. The molecule has 0 unspecified atom stereocenters. The molecule has 3 rings (SSSR count). The lowest BCUT2D eigenvalue weighted by atomic mass is 10.2. The van der Waals surface area contributed by atoms with Crippen molar-refractivity contribution in [1.29, 1.82) is 0 Å². The van der Waals surface area contributed by atoms with Crippen LogP contribution in [-0.4, -0.2) is 45.3 Å². The molecule has 0 amide bonds. The maximum Gasteiger partial charge on any atom is 0.311 e. The van der Waals surface area contributed by atoms with Crippen LogP contribution in [0.3, 0.4) is 0 Å². The zero-order valence-corrected chi connectivity index (χ0v) is 14.6. The van der Waals surface area contributed by atoms with Gasteiger partial charge in [-0.2, -0.15) is 0 Å². The van der Waals surface area contributed by atoms with Gasteiger partial charge in [0.15, 0.2) is 17.3 Å². The van der Waals surface area contributed by atoms with Crippen LogP contribution in [-0.2, 0) is 0 Å². The van der Waals surface area contributed by atoms with Gasteiger partial charge in [0.1, 0.15) is 0 Å². The Hall–Kier alpha value is -3.03. The largest absolute Gasteiger partial charge is 0.494 e. The average Bonchev–Trinajstić information content (AvgIpc) is 2.67. The molecule has 1 heterocycles. The minimum atomic E-state index is -0.460. The van der Waals surface area contributed by atoms with Crippen LogP contribution in [0.5, 0.6) is 11.5 Å². The van der Waals surface area contributed by atoms with Gasteiger partial charge in [-0.1, -0.05) is 0 Å². The van der Waals surface area contributed by atoms with E-state index < -0.39 is 4.92 Å². The van der Waals surface area contributed by atoms with E-state index in [2.05, 4.69) is 9.80 Å². The molecule has 0 radical (unpaired) electrons. The molecule has 0 saturated carbocycles. The van der Waals surface area contributed by atoms with Crippen LogP contribution in [0.2, 0.25) is 0 Å². The Morgan fingerprint density at radius 2 is 1.46 bits per heavy atom. The van der Waals surface area contributed by atoms with Crippen molar-refractivity contribution in [3.63, 3.8) is 0 Å². The number of nitro benzene ring substituents is 1. The van der Waals surface area contributed by atoms with Crippen LogP contribution in [0.15, 0.2) is 36.4 Å². The van der Waals surface area contributed by atoms with Crippen molar-refractivity contribution in [2.45, 2.75) is 0 Å². The number of halogens is 1. The first-order valence-electron chi connectivity index (χ1n) is 8.19. The van der Waals surface area contributed by atoms with E-state index in [1.165, 1.54) is 26.4 Å². The van der Waals surface area contributed by atoms with E-state index in [1.807, 2.05) is 6.07 Å². The van der Waals surface area contributed by atoms with Gasteiger partial charge < -0.3 is 19.3 Å². The molecule has 138 valence electrons. The molecule has 0 aromatic heterocycles. The molecule has 0 bridgehead atoms. The molecule has 7 nitrogen and oxygen atoms in total. The molecular weight excluding hydrogens is 341 g/mol. The Kier molecular flexibility index (Phi) is 5.11. The number of ether oxygens (including phenoxy) is 2. The first kappa shape index (κ1) is 17.8. The molecule has 1 aliphatic heterocycles. The van der Waals surface area contributed by atoms with E-state index in [1.54, 1.807) is 18.2 Å². The van der Waals surface area contributed by atoms with Crippen molar-refractivity contribution in [2.75, 3.05) is 50.2 Å². The highest BCUT2D eigenvalue weighted by atomic mass is 19.1. The highest BCUT2D eigenvalue weighted by molar-refractivity contribution is 5.60. The Labute approximate surface area is 150 Å². The van der Waals surface area contributed by atoms with E-state index in [9.17, 15) is 14.5 Å². The van der Waals surface area contributed by atoms with Crippen LogP contribution in [0.1, 0.15) is 0 Å². The minimum Gasteiger partial charge on any atom is -0.494 e. The van der Waals surface area contributed by atoms with Crippen molar-refractivity contribution in [2.24, 2.45) is 0 Å². The number of methoxy groups -OCH3 is 2. The molecule has 0 atom stereocenters. The topological polar surface area (TPSA) is 68.1 Å². The molecule has 1 fully saturated rings. The van der Waals surface area contributed by atoms with Gasteiger partial charge in [0.25, 0.3) is 0 Å². The monoisotopic (exact) mass is 361 g/mol. The van der Waals surface area contributed by atoms with Gasteiger partial charge in [0.2, 0.25) is 0 Å². The van der Waals surface area contributed by atoms with Crippen LogP contribution in [0.25, 0.3) is 0 Å². The molecule has 2 aromatic carbocycles. The highest BCUT2D eigenvalue weighted by Gasteiger charge is 2.21. The third-order valence-electron chi connectivity index (χ3n) is 4.51. The van der Waals surface area contributed by atoms with Crippen LogP contribution < -0.4 is 19.3 Å². The van der Waals surface area contributed by atoms with Gasteiger partial charge in [0.05, 0.1) is 19.1 Å². The van der Waals surface area contributed by atoms with Gasteiger partial charge in [-0.15, -0.1) is 0 Å². The second-order valence-corrected chi connectivity index (χ2v) is 5.91. The van der Waals surface area contributed by atoms with Gasteiger partial charge in [-0.05, 0) is 18.2 Å². The summed E-state index contributed by atoms with van der Waals surface area (Å²) >= 11 is 0. The minimum absolute atomic E-state index is 0.0522. The zero-order chi connectivity index (χ0) is 18.7. The SMILES string of the molecule is COc1ccc(N2CCN(c3ccc([N+](=O)[O-])c(OC)c3)CC2)cc1F. The summed E-state index contributed by atoms with van der Waals surface area (Å²) < 4.78 is 24.0. The Morgan fingerprint density at radius 3 is 1.96 bits per heavy atom. The van der Waals surface area contributed by atoms with Crippen LogP contribution in [0, 0.1) is 15.9 Å².